The summed E-state index contributed by atoms with van der Waals surface area (Å²) >= 11 is 0. The number of hydrogen-bond donors (Lipinski definition) is 2. The second-order valence-electron chi connectivity index (χ2n) is 6.18. The SMILES string of the molecule is CC(C)C(=O)N[C@H](Cc1ccc(OCc2ccccc2)cc1)C(=O)O. The van der Waals surface area contributed by atoms with E-state index in [-0.39, 0.29) is 18.2 Å². The normalized spacial score (nSPS) is 11.8. The van der Waals surface area contributed by atoms with Crippen LogP contribution in [-0.4, -0.2) is 23.0 Å². The Kier molecular flexibility index (Phi) is 6.57. The molecule has 2 rings (SSSR count). The molecule has 2 aromatic rings. The van der Waals surface area contributed by atoms with Crippen LogP contribution in [-0.2, 0) is 22.6 Å². The van der Waals surface area contributed by atoms with E-state index in [9.17, 15) is 14.7 Å². The first-order chi connectivity index (χ1) is 12.0. The van der Waals surface area contributed by atoms with Crippen molar-refractivity contribution in [1.82, 2.24) is 5.32 Å². The lowest BCUT2D eigenvalue weighted by atomic mass is 10.0. The van der Waals surface area contributed by atoms with Crippen molar-refractivity contribution < 1.29 is 19.4 Å². The average molecular weight is 341 g/mol. The molecule has 0 fully saturated rings. The molecule has 0 aliphatic heterocycles. The van der Waals surface area contributed by atoms with Crippen LogP contribution in [0, 0.1) is 5.92 Å². The summed E-state index contributed by atoms with van der Waals surface area (Å²) in [6.45, 7) is 3.93. The first-order valence-corrected chi connectivity index (χ1v) is 8.24. The Bertz CT molecular complexity index is 695. The van der Waals surface area contributed by atoms with Gasteiger partial charge in [-0.2, -0.15) is 0 Å². The largest absolute Gasteiger partial charge is 0.489 e. The highest BCUT2D eigenvalue weighted by atomic mass is 16.5. The Labute approximate surface area is 147 Å². The topological polar surface area (TPSA) is 75.6 Å². The van der Waals surface area contributed by atoms with Crippen molar-refractivity contribution in [2.24, 2.45) is 5.92 Å². The summed E-state index contributed by atoms with van der Waals surface area (Å²) < 4.78 is 5.71. The maximum atomic E-state index is 11.7. The highest BCUT2D eigenvalue weighted by Crippen LogP contribution is 2.15. The maximum absolute atomic E-state index is 11.7. The van der Waals surface area contributed by atoms with Crippen LogP contribution in [0.2, 0.25) is 0 Å². The number of nitrogens with one attached hydrogen (secondary N) is 1. The fraction of sp³-hybridized carbons (Fsp3) is 0.300. The molecular formula is C20H23NO4. The van der Waals surface area contributed by atoms with E-state index in [1.807, 2.05) is 42.5 Å². The van der Waals surface area contributed by atoms with E-state index in [0.29, 0.717) is 12.4 Å². The van der Waals surface area contributed by atoms with E-state index in [4.69, 9.17) is 4.74 Å². The van der Waals surface area contributed by atoms with Gasteiger partial charge >= 0.3 is 5.97 Å². The van der Waals surface area contributed by atoms with E-state index in [2.05, 4.69) is 5.32 Å². The molecule has 5 nitrogen and oxygen atoms in total. The first kappa shape index (κ1) is 18.5. The number of carboxylic acid groups (broad SMARTS) is 1. The predicted molar refractivity (Wildman–Crippen MR) is 95.3 cm³/mol. The van der Waals surface area contributed by atoms with Crippen molar-refractivity contribution in [3.8, 4) is 5.75 Å². The van der Waals surface area contributed by atoms with Crippen molar-refractivity contribution >= 4 is 11.9 Å². The molecule has 5 heteroatoms. The van der Waals surface area contributed by atoms with Gasteiger partial charge < -0.3 is 15.2 Å². The van der Waals surface area contributed by atoms with Gasteiger partial charge in [0.15, 0.2) is 0 Å². The first-order valence-electron chi connectivity index (χ1n) is 8.24. The Morgan fingerprint density at radius 2 is 1.64 bits per heavy atom. The molecule has 25 heavy (non-hydrogen) atoms. The lowest BCUT2D eigenvalue weighted by Crippen LogP contribution is -2.44. The fourth-order valence-electron chi connectivity index (χ4n) is 2.24. The number of amides is 1. The minimum atomic E-state index is -1.04. The van der Waals surface area contributed by atoms with Crippen molar-refractivity contribution in [3.05, 3.63) is 65.7 Å². The van der Waals surface area contributed by atoms with Gasteiger partial charge in [-0.15, -0.1) is 0 Å². The minimum absolute atomic E-state index is 0.229. The van der Waals surface area contributed by atoms with E-state index in [1.54, 1.807) is 26.0 Å². The summed E-state index contributed by atoms with van der Waals surface area (Å²) in [6.07, 6.45) is 0.229. The highest BCUT2D eigenvalue weighted by Gasteiger charge is 2.21. The molecule has 1 atom stereocenters. The second-order valence-corrected chi connectivity index (χ2v) is 6.18. The second kappa shape index (κ2) is 8.87. The molecule has 0 spiro atoms. The molecule has 1 amide bonds. The van der Waals surface area contributed by atoms with Gasteiger partial charge in [-0.25, -0.2) is 4.79 Å². The molecule has 0 aromatic heterocycles. The van der Waals surface area contributed by atoms with Gasteiger partial charge in [-0.1, -0.05) is 56.3 Å². The quantitative estimate of drug-likeness (QED) is 0.774. The standard InChI is InChI=1S/C20H23NO4/c1-14(2)19(22)21-18(20(23)24)12-15-8-10-17(11-9-15)25-13-16-6-4-3-5-7-16/h3-11,14,18H,12-13H2,1-2H3,(H,21,22)(H,23,24)/t18-/m1/s1. The van der Waals surface area contributed by atoms with Gasteiger partial charge in [0.05, 0.1) is 0 Å². The zero-order valence-corrected chi connectivity index (χ0v) is 14.4. The molecule has 0 bridgehead atoms. The van der Waals surface area contributed by atoms with Crippen molar-refractivity contribution in [2.45, 2.75) is 32.9 Å². The van der Waals surface area contributed by atoms with Crippen molar-refractivity contribution in [2.75, 3.05) is 0 Å². The van der Waals surface area contributed by atoms with Gasteiger partial charge in [-0.3, -0.25) is 4.79 Å². The van der Waals surface area contributed by atoms with Crippen LogP contribution in [0.3, 0.4) is 0 Å². The summed E-state index contributed by atoms with van der Waals surface area (Å²) in [5, 5.41) is 11.8. The molecule has 2 N–H and O–H groups in total. The number of carboxylic acids is 1. The number of rotatable bonds is 8. The Morgan fingerprint density at radius 1 is 1.00 bits per heavy atom. The smallest absolute Gasteiger partial charge is 0.326 e. The maximum Gasteiger partial charge on any atom is 0.326 e. The average Bonchev–Trinajstić information content (AvgIpc) is 2.61. The zero-order chi connectivity index (χ0) is 18.2. The number of carbonyl (C=O) groups is 2. The van der Waals surface area contributed by atoms with Gasteiger partial charge in [0.1, 0.15) is 18.4 Å². The number of hydrogen-bond acceptors (Lipinski definition) is 3. The Morgan fingerprint density at radius 3 is 2.20 bits per heavy atom. The summed E-state index contributed by atoms with van der Waals surface area (Å²) in [6, 6.07) is 16.2. The van der Waals surface area contributed by atoms with Crippen LogP contribution < -0.4 is 10.1 Å². The summed E-state index contributed by atoms with van der Waals surface area (Å²) in [5.41, 5.74) is 1.90. The number of benzene rings is 2. The molecule has 132 valence electrons. The fourth-order valence-corrected chi connectivity index (χ4v) is 2.24. The molecule has 0 saturated heterocycles. The van der Waals surface area contributed by atoms with Crippen molar-refractivity contribution in [1.29, 1.82) is 0 Å². The van der Waals surface area contributed by atoms with E-state index in [1.165, 1.54) is 0 Å². The third-order valence-electron chi connectivity index (χ3n) is 3.75. The Balaban J connectivity index is 1.93. The molecule has 0 aliphatic carbocycles. The third kappa shape index (κ3) is 5.95. The van der Waals surface area contributed by atoms with Crippen LogP contribution in [0.15, 0.2) is 54.6 Å². The van der Waals surface area contributed by atoms with Crippen LogP contribution in [0.25, 0.3) is 0 Å². The molecule has 0 unspecified atom stereocenters. The van der Waals surface area contributed by atoms with E-state index in [0.717, 1.165) is 11.1 Å². The van der Waals surface area contributed by atoms with Gasteiger partial charge in [0, 0.05) is 12.3 Å². The lowest BCUT2D eigenvalue weighted by Gasteiger charge is -2.16. The summed E-state index contributed by atoms with van der Waals surface area (Å²) in [4.78, 5) is 23.1. The highest BCUT2D eigenvalue weighted by molar-refractivity contribution is 5.84. The van der Waals surface area contributed by atoms with Gasteiger partial charge in [-0.05, 0) is 23.3 Å². The molecule has 0 heterocycles. The van der Waals surface area contributed by atoms with Crippen LogP contribution in [0.1, 0.15) is 25.0 Å². The summed E-state index contributed by atoms with van der Waals surface area (Å²) in [7, 11) is 0. The van der Waals surface area contributed by atoms with Crippen LogP contribution in [0.4, 0.5) is 0 Å². The molecule has 2 aromatic carbocycles. The van der Waals surface area contributed by atoms with Gasteiger partial charge in [0.25, 0.3) is 0 Å². The molecular weight excluding hydrogens is 318 g/mol. The van der Waals surface area contributed by atoms with E-state index < -0.39 is 12.0 Å². The van der Waals surface area contributed by atoms with Crippen molar-refractivity contribution in [3.63, 3.8) is 0 Å². The molecule has 0 aliphatic rings. The third-order valence-corrected chi connectivity index (χ3v) is 3.75. The van der Waals surface area contributed by atoms with E-state index >= 15 is 0 Å². The number of ether oxygens (including phenoxy) is 1. The predicted octanol–water partition coefficient (Wildman–Crippen LogP) is 3.03. The van der Waals surface area contributed by atoms with Crippen LogP contribution in [0.5, 0.6) is 5.75 Å². The Hall–Kier alpha value is -2.82. The number of aliphatic carboxylic acids is 1. The van der Waals surface area contributed by atoms with Crippen LogP contribution >= 0.6 is 0 Å². The molecule has 0 saturated carbocycles. The monoisotopic (exact) mass is 341 g/mol. The lowest BCUT2D eigenvalue weighted by molar-refractivity contribution is -0.142. The summed E-state index contributed by atoms with van der Waals surface area (Å²) in [5.74, 6) is -0.852. The number of carbonyl (C=O) groups excluding carboxylic acids is 1. The van der Waals surface area contributed by atoms with Gasteiger partial charge in [0.2, 0.25) is 5.91 Å². The zero-order valence-electron chi connectivity index (χ0n) is 14.4. The minimum Gasteiger partial charge on any atom is -0.489 e. The molecule has 0 radical (unpaired) electrons.